The van der Waals surface area contributed by atoms with Crippen molar-refractivity contribution in [2.45, 2.75) is 51.0 Å². The highest BCUT2D eigenvalue weighted by Gasteiger charge is 2.33. The summed E-state index contributed by atoms with van der Waals surface area (Å²) in [5.41, 5.74) is 7.87. The summed E-state index contributed by atoms with van der Waals surface area (Å²) in [6.07, 6.45) is 6.82. The highest BCUT2D eigenvalue weighted by molar-refractivity contribution is 5.85. The number of carbonyl (C=O) groups is 1. The molecule has 2 aromatic rings. The minimum atomic E-state index is -0.194. The van der Waals surface area contributed by atoms with Gasteiger partial charge in [0, 0.05) is 24.9 Å². The first kappa shape index (κ1) is 22.5. The molecule has 0 spiro atoms. The van der Waals surface area contributed by atoms with Crippen molar-refractivity contribution in [2.75, 3.05) is 6.54 Å². The summed E-state index contributed by atoms with van der Waals surface area (Å²) in [7, 11) is 0. The summed E-state index contributed by atoms with van der Waals surface area (Å²) in [4.78, 5) is 16.5. The average molecular weight is 400 g/mol. The van der Waals surface area contributed by atoms with Crippen LogP contribution in [-0.4, -0.2) is 23.0 Å². The topological polar surface area (TPSA) is 81.2 Å². The molecule has 1 aromatic heterocycles. The van der Waals surface area contributed by atoms with Gasteiger partial charge >= 0.3 is 0 Å². The van der Waals surface area contributed by atoms with Crippen molar-refractivity contribution >= 4 is 30.7 Å². The molecule has 7 heteroatoms. The SMILES string of the molecule is Cc1ccc(-c2cnc(CCC(=O)NC3(CN)CCCC3)o2)cc1.Cl.Cl. The number of halogens is 2. The molecule has 1 aliphatic rings. The number of hydrogen-bond donors (Lipinski definition) is 2. The highest BCUT2D eigenvalue weighted by Crippen LogP contribution is 2.28. The summed E-state index contributed by atoms with van der Waals surface area (Å²) in [6, 6.07) is 8.10. The van der Waals surface area contributed by atoms with Crippen molar-refractivity contribution in [3.8, 4) is 11.3 Å². The van der Waals surface area contributed by atoms with Crippen molar-refractivity contribution in [3.63, 3.8) is 0 Å². The maximum absolute atomic E-state index is 12.2. The van der Waals surface area contributed by atoms with Gasteiger partial charge in [0.15, 0.2) is 11.7 Å². The van der Waals surface area contributed by atoms with Gasteiger partial charge in [0.2, 0.25) is 5.91 Å². The third kappa shape index (κ3) is 5.47. The fraction of sp³-hybridized carbons (Fsp3) is 0.474. The fourth-order valence-electron chi connectivity index (χ4n) is 3.29. The number of carbonyl (C=O) groups excluding carboxylic acids is 1. The lowest BCUT2D eigenvalue weighted by atomic mass is 9.97. The Balaban J connectivity index is 0.00000169. The molecule has 3 rings (SSSR count). The molecule has 1 aliphatic carbocycles. The van der Waals surface area contributed by atoms with E-state index in [-0.39, 0.29) is 36.3 Å². The summed E-state index contributed by atoms with van der Waals surface area (Å²) < 4.78 is 5.77. The third-order valence-corrected chi connectivity index (χ3v) is 4.81. The molecule has 144 valence electrons. The Bertz CT molecular complexity index is 695. The lowest BCUT2D eigenvalue weighted by Gasteiger charge is -2.28. The minimum Gasteiger partial charge on any atom is -0.441 e. The van der Waals surface area contributed by atoms with Gasteiger partial charge in [0.05, 0.1) is 11.7 Å². The fourth-order valence-corrected chi connectivity index (χ4v) is 3.29. The number of oxazole rings is 1. The second kappa shape index (κ2) is 9.95. The first-order valence-corrected chi connectivity index (χ1v) is 8.63. The maximum Gasteiger partial charge on any atom is 0.220 e. The number of hydrogen-bond acceptors (Lipinski definition) is 4. The van der Waals surface area contributed by atoms with Crippen LogP contribution >= 0.6 is 24.8 Å². The standard InChI is InChI=1S/C19H25N3O2.2ClH/c1-14-4-6-15(7-5-14)16-12-21-18(24-16)9-8-17(23)22-19(13-20)10-2-3-11-19;;/h4-7,12H,2-3,8-11,13,20H2,1H3,(H,22,23);2*1H. The molecule has 1 saturated carbocycles. The summed E-state index contributed by atoms with van der Waals surface area (Å²) >= 11 is 0. The van der Waals surface area contributed by atoms with Crippen LogP contribution in [0.25, 0.3) is 11.3 Å². The third-order valence-electron chi connectivity index (χ3n) is 4.81. The molecule has 0 atom stereocenters. The maximum atomic E-state index is 12.2. The Labute approximate surface area is 167 Å². The number of aromatic nitrogens is 1. The van der Waals surface area contributed by atoms with Crippen LogP contribution in [0.5, 0.6) is 0 Å². The van der Waals surface area contributed by atoms with Gasteiger partial charge in [-0.1, -0.05) is 42.7 Å². The van der Waals surface area contributed by atoms with Gasteiger partial charge in [-0.15, -0.1) is 24.8 Å². The number of nitrogens with one attached hydrogen (secondary N) is 1. The first-order chi connectivity index (χ1) is 11.6. The van der Waals surface area contributed by atoms with Crippen molar-refractivity contribution in [1.82, 2.24) is 10.3 Å². The van der Waals surface area contributed by atoms with Crippen LogP contribution in [0, 0.1) is 6.92 Å². The van der Waals surface area contributed by atoms with Gasteiger partial charge < -0.3 is 15.5 Å². The molecule has 1 heterocycles. The Morgan fingerprint density at radius 3 is 2.50 bits per heavy atom. The van der Waals surface area contributed by atoms with E-state index >= 15 is 0 Å². The molecule has 0 radical (unpaired) electrons. The minimum absolute atomic E-state index is 0. The van der Waals surface area contributed by atoms with Crippen LogP contribution in [0.1, 0.15) is 43.6 Å². The summed E-state index contributed by atoms with van der Waals surface area (Å²) in [5, 5.41) is 3.12. The van der Waals surface area contributed by atoms with E-state index in [0.717, 1.165) is 37.0 Å². The van der Waals surface area contributed by atoms with Gasteiger partial charge in [-0.25, -0.2) is 4.98 Å². The average Bonchev–Trinajstić information content (AvgIpc) is 3.24. The van der Waals surface area contributed by atoms with E-state index in [0.29, 0.717) is 25.3 Å². The van der Waals surface area contributed by atoms with E-state index in [1.54, 1.807) is 6.20 Å². The molecule has 1 amide bonds. The first-order valence-electron chi connectivity index (χ1n) is 8.63. The predicted molar refractivity (Wildman–Crippen MR) is 108 cm³/mol. The molecule has 5 nitrogen and oxygen atoms in total. The van der Waals surface area contributed by atoms with Crippen LogP contribution in [0.15, 0.2) is 34.9 Å². The molecule has 1 aromatic carbocycles. The van der Waals surface area contributed by atoms with E-state index in [1.165, 1.54) is 5.56 Å². The molecule has 26 heavy (non-hydrogen) atoms. The Kier molecular flexibility index (Phi) is 8.60. The van der Waals surface area contributed by atoms with Gasteiger partial charge in [-0.3, -0.25) is 4.79 Å². The number of nitrogens with two attached hydrogens (primary N) is 1. The second-order valence-electron chi connectivity index (χ2n) is 6.72. The Morgan fingerprint density at radius 2 is 1.88 bits per heavy atom. The quantitative estimate of drug-likeness (QED) is 0.773. The van der Waals surface area contributed by atoms with E-state index in [2.05, 4.69) is 10.3 Å². The lowest BCUT2D eigenvalue weighted by Crippen LogP contribution is -2.51. The van der Waals surface area contributed by atoms with Crippen LogP contribution in [0.3, 0.4) is 0 Å². The number of benzene rings is 1. The van der Waals surface area contributed by atoms with E-state index in [9.17, 15) is 4.79 Å². The van der Waals surface area contributed by atoms with Crippen LogP contribution < -0.4 is 11.1 Å². The summed E-state index contributed by atoms with van der Waals surface area (Å²) in [5.74, 6) is 1.35. The van der Waals surface area contributed by atoms with Crippen LogP contribution in [0.2, 0.25) is 0 Å². The van der Waals surface area contributed by atoms with Crippen molar-refractivity contribution in [1.29, 1.82) is 0 Å². The number of amides is 1. The van der Waals surface area contributed by atoms with Gasteiger partial charge in [-0.05, 0) is 19.8 Å². The highest BCUT2D eigenvalue weighted by atomic mass is 35.5. The Hall–Kier alpha value is -1.56. The number of aryl methyl sites for hydroxylation is 2. The number of nitrogens with zero attached hydrogens (tertiary/aromatic N) is 1. The van der Waals surface area contributed by atoms with Gasteiger partial charge in [0.25, 0.3) is 0 Å². The normalized spacial score (nSPS) is 15.0. The monoisotopic (exact) mass is 399 g/mol. The molecule has 0 aliphatic heterocycles. The summed E-state index contributed by atoms with van der Waals surface area (Å²) in [6.45, 7) is 2.56. The molecule has 3 N–H and O–H groups in total. The molecule has 0 bridgehead atoms. The lowest BCUT2D eigenvalue weighted by molar-refractivity contribution is -0.122. The van der Waals surface area contributed by atoms with E-state index in [4.69, 9.17) is 10.2 Å². The van der Waals surface area contributed by atoms with Crippen LogP contribution in [0.4, 0.5) is 0 Å². The molecule has 0 saturated heterocycles. The Morgan fingerprint density at radius 1 is 1.23 bits per heavy atom. The van der Waals surface area contributed by atoms with Crippen molar-refractivity contribution in [2.24, 2.45) is 5.73 Å². The van der Waals surface area contributed by atoms with Gasteiger partial charge in [0.1, 0.15) is 0 Å². The number of rotatable bonds is 6. The molecular weight excluding hydrogens is 373 g/mol. The van der Waals surface area contributed by atoms with Gasteiger partial charge in [-0.2, -0.15) is 0 Å². The zero-order chi connectivity index (χ0) is 17.0. The van der Waals surface area contributed by atoms with E-state index in [1.807, 2.05) is 31.2 Å². The molecule has 1 fully saturated rings. The molecular formula is C19H27Cl2N3O2. The van der Waals surface area contributed by atoms with E-state index < -0.39 is 0 Å². The smallest absolute Gasteiger partial charge is 0.220 e. The largest absolute Gasteiger partial charge is 0.441 e. The zero-order valence-electron chi connectivity index (χ0n) is 15.0. The van der Waals surface area contributed by atoms with Crippen molar-refractivity contribution < 1.29 is 9.21 Å². The van der Waals surface area contributed by atoms with Crippen molar-refractivity contribution in [3.05, 3.63) is 41.9 Å². The second-order valence-corrected chi connectivity index (χ2v) is 6.72. The van der Waals surface area contributed by atoms with Crippen LogP contribution in [-0.2, 0) is 11.2 Å². The zero-order valence-corrected chi connectivity index (χ0v) is 16.6. The molecule has 0 unspecified atom stereocenters. The predicted octanol–water partition coefficient (Wildman–Crippen LogP) is 3.81.